The van der Waals surface area contributed by atoms with Gasteiger partial charge in [-0.15, -0.1) is 0 Å². The standard InChI is InChI=1S/C8H3Cl3O2/c9-6-2-1-4(7(10)12)3-5(6)8(11)13/h1-3H. The molecule has 0 aliphatic heterocycles. The highest BCUT2D eigenvalue weighted by atomic mass is 35.5. The normalized spacial score (nSPS) is 9.77. The second kappa shape index (κ2) is 4.09. The van der Waals surface area contributed by atoms with Gasteiger partial charge >= 0.3 is 0 Å². The summed E-state index contributed by atoms with van der Waals surface area (Å²) >= 11 is 16.0. The van der Waals surface area contributed by atoms with E-state index in [2.05, 4.69) is 0 Å². The first kappa shape index (κ1) is 10.5. The van der Waals surface area contributed by atoms with E-state index in [0.717, 1.165) is 0 Å². The van der Waals surface area contributed by atoms with E-state index < -0.39 is 10.5 Å². The molecule has 0 saturated heterocycles. The highest BCUT2D eigenvalue weighted by Crippen LogP contribution is 2.20. The number of hydrogen-bond acceptors (Lipinski definition) is 2. The van der Waals surface area contributed by atoms with Crippen LogP contribution in [0.4, 0.5) is 0 Å². The first-order valence-electron chi connectivity index (χ1n) is 3.21. The monoisotopic (exact) mass is 236 g/mol. The molecule has 13 heavy (non-hydrogen) atoms. The quantitative estimate of drug-likeness (QED) is 0.741. The Labute approximate surface area is 89.4 Å². The number of benzene rings is 1. The van der Waals surface area contributed by atoms with Crippen LogP contribution in [0.2, 0.25) is 5.02 Å². The molecule has 1 aromatic carbocycles. The van der Waals surface area contributed by atoms with Crippen molar-refractivity contribution < 1.29 is 9.59 Å². The van der Waals surface area contributed by atoms with Crippen molar-refractivity contribution >= 4 is 45.3 Å². The van der Waals surface area contributed by atoms with E-state index in [1.807, 2.05) is 0 Å². The number of carbonyl (C=O) groups excluding carboxylic acids is 2. The highest BCUT2D eigenvalue weighted by molar-refractivity contribution is 6.69. The van der Waals surface area contributed by atoms with Crippen LogP contribution in [0.15, 0.2) is 18.2 Å². The smallest absolute Gasteiger partial charge is 0.253 e. The number of carbonyl (C=O) groups is 2. The van der Waals surface area contributed by atoms with Gasteiger partial charge in [-0.3, -0.25) is 9.59 Å². The lowest BCUT2D eigenvalue weighted by atomic mass is 10.1. The molecule has 0 spiro atoms. The van der Waals surface area contributed by atoms with Crippen LogP contribution in [0.3, 0.4) is 0 Å². The minimum Gasteiger partial charge on any atom is -0.276 e. The number of hydrogen-bond donors (Lipinski definition) is 0. The predicted octanol–water partition coefficient (Wildman–Crippen LogP) is 3.10. The zero-order chi connectivity index (χ0) is 10.0. The molecule has 2 nitrogen and oxygen atoms in total. The Bertz CT molecular complexity index is 374. The third kappa shape index (κ3) is 2.44. The Morgan fingerprint density at radius 1 is 1.08 bits per heavy atom. The maximum atomic E-state index is 10.8. The molecule has 68 valence electrons. The Balaban J connectivity index is 3.27. The summed E-state index contributed by atoms with van der Waals surface area (Å²) in [5, 5.41) is -1.18. The molecule has 0 aliphatic carbocycles. The molecule has 0 radical (unpaired) electrons. The van der Waals surface area contributed by atoms with E-state index >= 15 is 0 Å². The predicted molar refractivity (Wildman–Crippen MR) is 51.8 cm³/mol. The van der Waals surface area contributed by atoms with Gasteiger partial charge in [-0.25, -0.2) is 0 Å². The van der Waals surface area contributed by atoms with E-state index in [1.165, 1.54) is 18.2 Å². The van der Waals surface area contributed by atoms with E-state index in [0.29, 0.717) is 0 Å². The topological polar surface area (TPSA) is 34.1 Å². The van der Waals surface area contributed by atoms with Gasteiger partial charge in [0.2, 0.25) is 0 Å². The van der Waals surface area contributed by atoms with Gasteiger partial charge in [0.1, 0.15) is 0 Å². The van der Waals surface area contributed by atoms with Crippen LogP contribution >= 0.6 is 34.8 Å². The van der Waals surface area contributed by atoms with Gasteiger partial charge in [-0.05, 0) is 41.4 Å². The third-order valence-corrected chi connectivity index (χ3v) is 2.16. The largest absolute Gasteiger partial charge is 0.276 e. The molecule has 0 aliphatic rings. The van der Waals surface area contributed by atoms with Gasteiger partial charge in [-0.2, -0.15) is 0 Å². The van der Waals surface area contributed by atoms with Crippen LogP contribution in [0.25, 0.3) is 0 Å². The van der Waals surface area contributed by atoms with Crippen LogP contribution in [-0.2, 0) is 0 Å². The first-order chi connectivity index (χ1) is 6.02. The van der Waals surface area contributed by atoms with Gasteiger partial charge in [0, 0.05) is 5.56 Å². The molecule has 0 heterocycles. The van der Waals surface area contributed by atoms with Gasteiger partial charge in [0.05, 0.1) is 10.6 Å². The summed E-state index contributed by atoms with van der Waals surface area (Å²) in [5.74, 6) is 0. The maximum Gasteiger partial charge on any atom is 0.253 e. The molecule has 0 unspecified atom stereocenters. The summed E-state index contributed by atoms with van der Waals surface area (Å²) in [6.45, 7) is 0. The minimum atomic E-state index is -0.718. The van der Waals surface area contributed by atoms with Crippen LogP contribution in [0.1, 0.15) is 20.7 Å². The van der Waals surface area contributed by atoms with Crippen LogP contribution in [0.5, 0.6) is 0 Å². The molecule has 0 N–H and O–H groups in total. The lowest BCUT2D eigenvalue weighted by molar-refractivity contribution is 0.108. The van der Waals surface area contributed by atoms with E-state index in [-0.39, 0.29) is 16.1 Å². The van der Waals surface area contributed by atoms with E-state index in [1.54, 1.807) is 0 Å². The van der Waals surface area contributed by atoms with Gasteiger partial charge < -0.3 is 0 Å². The lowest BCUT2D eigenvalue weighted by Gasteiger charge is -1.99. The van der Waals surface area contributed by atoms with Gasteiger partial charge in [0.25, 0.3) is 10.5 Å². The van der Waals surface area contributed by atoms with Crippen molar-refractivity contribution in [3.63, 3.8) is 0 Å². The SMILES string of the molecule is O=C(Cl)c1ccc(Cl)c(C(=O)Cl)c1. The molecule has 1 aromatic rings. The summed E-state index contributed by atoms with van der Waals surface area (Å²) in [6.07, 6.45) is 0. The van der Waals surface area contributed by atoms with Crippen molar-refractivity contribution in [3.8, 4) is 0 Å². The van der Waals surface area contributed by atoms with Crippen molar-refractivity contribution in [2.45, 2.75) is 0 Å². The summed E-state index contributed by atoms with van der Waals surface area (Å²) in [5.41, 5.74) is 0.268. The molecule has 0 amide bonds. The maximum absolute atomic E-state index is 10.8. The fraction of sp³-hybridized carbons (Fsp3) is 0. The Hall–Kier alpha value is -0.570. The van der Waals surface area contributed by atoms with Crippen molar-refractivity contribution in [1.82, 2.24) is 0 Å². The van der Waals surface area contributed by atoms with Gasteiger partial charge in [-0.1, -0.05) is 11.6 Å². The van der Waals surface area contributed by atoms with Crippen molar-refractivity contribution in [2.75, 3.05) is 0 Å². The first-order valence-corrected chi connectivity index (χ1v) is 4.35. The molecule has 5 heteroatoms. The molecule has 1 rings (SSSR count). The zero-order valence-corrected chi connectivity index (χ0v) is 8.45. The Kier molecular flexibility index (Phi) is 3.31. The van der Waals surface area contributed by atoms with Crippen LogP contribution in [-0.4, -0.2) is 10.5 Å². The summed E-state index contributed by atoms with van der Waals surface area (Å²) in [4.78, 5) is 21.5. The van der Waals surface area contributed by atoms with E-state index in [4.69, 9.17) is 34.8 Å². The van der Waals surface area contributed by atoms with Crippen LogP contribution < -0.4 is 0 Å². The fourth-order valence-electron chi connectivity index (χ4n) is 0.798. The Morgan fingerprint density at radius 3 is 2.15 bits per heavy atom. The minimum absolute atomic E-state index is 0.0785. The summed E-state index contributed by atoms with van der Waals surface area (Å²) < 4.78 is 0. The molecular weight excluding hydrogens is 234 g/mol. The molecule has 0 bridgehead atoms. The van der Waals surface area contributed by atoms with Crippen molar-refractivity contribution in [1.29, 1.82) is 0 Å². The molecule has 0 atom stereocenters. The van der Waals surface area contributed by atoms with Crippen molar-refractivity contribution in [3.05, 3.63) is 34.3 Å². The number of halogens is 3. The second-order valence-electron chi connectivity index (χ2n) is 2.24. The zero-order valence-electron chi connectivity index (χ0n) is 6.18. The number of rotatable bonds is 2. The Morgan fingerprint density at radius 2 is 1.69 bits per heavy atom. The lowest BCUT2D eigenvalue weighted by Crippen LogP contribution is -1.95. The van der Waals surface area contributed by atoms with Gasteiger partial charge in [0.15, 0.2) is 0 Å². The molecule has 0 fully saturated rings. The molecule has 0 aromatic heterocycles. The van der Waals surface area contributed by atoms with E-state index in [9.17, 15) is 9.59 Å². The summed E-state index contributed by atoms with van der Waals surface area (Å²) in [6, 6.07) is 4.07. The fourth-order valence-corrected chi connectivity index (χ4v) is 1.32. The molecular formula is C8H3Cl3O2. The van der Waals surface area contributed by atoms with Crippen molar-refractivity contribution in [2.24, 2.45) is 0 Å². The molecule has 0 saturated carbocycles. The average Bonchev–Trinajstić information content (AvgIpc) is 2.04. The second-order valence-corrected chi connectivity index (χ2v) is 3.34. The third-order valence-electron chi connectivity index (χ3n) is 1.41. The summed E-state index contributed by atoms with van der Waals surface area (Å²) in [7, 11) is 0. The van der Waals surface area contributed by atoms with Crippen LogP contribution in [0, 0.1) is 0 Å². The average molecular weight is 237 g/mol. The highest BCUT2D eigenvalue weighted by Gasteiger charge is 2.10.